The molecule has 0 bridgehead atoms. The number of imidazole rings is 1. The van der Waals surface area contributed by atoms with Gasteiger partial charge in [-0.1, -0.05) is 84.0 Å². The van der Waals surface area contributed by atoms with Crippen molar-refractivity contribution in [3.63, 3.8) is 0 Å². The summed E-state index contributed by atoms with van der Waals surface area (Å²) in [6.45, 7) is 3.81. The van der Waals surface area contributed by atoms with Crippen LogP contribution < -0.4 is 10.6 Å². The summed E-state index contributed by atoms with van der Waals surface area (Å²) in [7, 11) is 0. The molecule has 0 spiro atoms. The maximum atomic E-state index is 12.3. The second-order valence-corrected chi connectivity index (χ2v) is 8.95. The summed E-state index contributed by atoms with van der Waals surface area (Å²) in [5, 5.41) is 14.5. The highest BCUT2D eigenvalue weighted by molar-refractivity contribution is 5.90. The minimum absolute atomic E-state index is 0.0736. The molecule has 188 valence electrons. The Balaban J connectivity index is 2.07. The molecule has 2 amide bonds. The molecule has 0 aliphatic carbocycles. The highest BCUT2D eigenvalue weighted by Gasteiger charge is 2.24. The molecule has 2 atom stereocenters. The molecule has 0 unspecified atom stereocenters. The van der Waals surface area contributed by atoms with Crippen molar-refractivity contribution in [2.45, 2.75) is 122 Å². The normalized spacial score (nSPS) is 12.8. The number of amides is 2. The zero-order chi connectivity index (χ0) is 24.3. The number of nitrogens with zero attached hydrogens (tertiary/aromatic N) is 1. The number of hydrogen-bond acceptors (Lipinski definition) is 4. The molecule has 4 N–H and O–H groups in total. The van der Waals surface area contributed by atoms with Gasteiger partial charge in [0.25, 0.3) is 0 Å². The van der Waals surface area contributed by atoms with Crippen molar-refractivity contribution in [3.8, 4) is 0 Å². The van der Waals surface area contributed by atoms with Crippen LogP contribution in [0.5, 0.6) is 0 Å². The zero-order valence-corrected chi connectivity index (χ0v) is 20.5. The van der Waals surface area contributed by atoms with Crippen molar-refractivity contribution in [2.75, 3.05) is 0 Å². The highest BCUT2D eigenvalue weighted by Crippen LogP contribution is 2.13. The number of carbonyl (C=O) groups is 3. The van der Waals surface area contributed by atoms with Crippen molar-refractivity contribution in [3.05, 3.63) is 18.2 Å². The maximum Gasteiger partial charge on any atom is 0.326 e. The van der Waals surface area contributed by atoms with Gasteiger partial charge in [-0.05, 0) is 13.3 Å². The average Bonchev–Trinajstić information content (AvgIpc) is 3.29. The number of H-pyrrole nitrogens is 1. The van der Waals surface area contributed by atoms with Gasteiger partial charge in [0, 0.05) is 19.0 Å². The van der Waals surface area contributed by atoms with Gasteiger partial charge in [-0.2, -0.15) is 0 Å². The first-order valence-electron chi connectivity index (χ1n) is 12.7. The molecule has 1 heterocycles. The molecular weight excluding hydrogens is 420 g/mol. The first-order chi connectivity index (χ1) is 15.9. The van der Waals surface area contributed by atoms with E-state index in [0.29, 0.717) is 12.1 Å². The quantitative estimate of drug-likeness (QED) is 0.211. The van der Waals surface area contributed by atoms with E-state index in [4.69, 9.17) is 0 Å². The van der Waals surface area contributed by atoms with E-state index in [1.165, 1.54) is 70.5 Å². The number of aliphatic carboxylic acids is 1. The zero-order valence-electron chi connectivity index (χ0n) is 20.5. The van der Waals surface area contributed by atoms with E-state index in [2.05, 4.69) is 27.5 Å². The lowest BCUT2D eigenvalue weighted by Gasteiger charge is -2.18. The van der Waals surface area contributed by atoms with Gasteiger partial charge in [0.1, 0.15) is 12.1 Å². The molecule has 0 aliphatic heterocycles. The van der Waals surface area contributed by atoms with Crippen LogP contribution in [0.4, 0.5) is 0 Å². The topological polar surface area (TPSA) is 124 Å². The number of nitrogens with one attached hydrogen (secondary N) is 3. The van der Waals surface area contributed by atoms with Crippen LogP contribution in [-0.2, 0) is 20.8 Å². The Hall–Kier alpha value is -2.38. The fraction of sp³-hybridized carbons (Fsp3) is 0.760. The number of carbonyl (C=O) groups excluding carboxylic acids is 2. The lowest BCUT2D eigenvalue weighted by molar-refractivity contribution is -0.142. The Morgan fingerprint density at radius 3 is 1.94 bits per heavy atom. The van der Waals surface area contributed by atoms with Gasteiger partial charge < -0.3 is 20.7 Å². The predicted octanol–water partition coefficient (Wildman–Crippen LogP) is 4.51. The third-order valence-electron chi connectivity index (χ3n) is 5.86. The summed E-state index contributed by atoms with van der Waals surface area (Å²) in [6, 6.07) is -1.89. The highest BCUT2D eigenvalue weighted by atomic mass is 16.4. The fourth-order valence-corrected chi connectivity index (χ4v) is 3.79. The molecule has 1 aromatic heterocycles. The number of aromatic amines is 1. The summed E-state index contributed by atoms with van der Waals surface area (Å²) in [5.74, 6) is -1.84. The van der Waals surface area contributed by atoms with E-state index in [9.17, 15) is 19.5 Å². The van der Waals surface area contributed by atoms with Gasteiger partial charge in [0.15, 0.2) is 0 Å². The average molecular weight is 465 g/mol. The van der Waals surface area contributed by atoms with Crippen molar-refractivity contribution in [1.82, 2.24) is 20.6 Å². The third kappa shape index (κ3) is 14.4. The van der Waals surface area contributed by atoms with Crippen LogP contribution >= 0.6 is 0 Å². The molecular formula is C25H44N4O4. The van der Waals surface area contributed by atoms with E-state index in [-0.39, 0.29) is 12.3 Å². The van der Waals surface area contributed by atoms with Crippen LogP contribution in [0.25, 0.3) is 0 Å². The Bertz CT molecular complexity index is 663. The van der Waals surface area contributed by atoms with Gasteiger partial charge in [-0.3, -0.25) is 9.59 Å². The van der Waals surface area contributed by atoms with Crippen LogP contribution in [0.2, 0.25) is 0 Å². The molecule has 1 rings (SSSR count). The first-order valence-corrected chi connectivity index (χ1v) is 12.7. The van der Waals surface area contributed by atoms with Crippen molar-refractivity contribution < 1.29 is 19.5 Å². The van der Waals surface area contributed by atoms with Gasteiger partial charge >= 0.3 is 5.97 Å². The van der Waals surface area contributed by atoms with Gasteiger partial charge in [-0.15, -0.1) is 0 Å². The number of carboxylic acid groups (broad SMARTS) is 1. The second-order valence-electron chi connectivity index (χ2n) is 8.95. The van der Waals surface area contributed by atoms with Crippen LogP contribution in [0.1, 0.15) is 109 Å². The van der Waals surface area contributed by atoms with Crippen LogP contribution in [0.3, 0.4) is 0 Å². The number of hydrogen-bond donors (Lipinski definition) is 4. The molecule has 0 radical (unpaired) electrons. The second kappa shape index (κ2) is 18.1. The van der Waals surface area contributed by atoms with Crippen LogP contribution in [-0.4, -0.2) is 44.9 Å². The standard InChI is InChI=1S/C25H44N4O4/c1-3-4-5-6-7-8-9-10-11-12-13-14-15-16-23(30)28-20(2)24(31)29-22(25(32)33)17-21-18-26-19-27-21/h18-20,22H,3-17H2,1-2H3,(H,26,27)(H,28,30)(H,29,31)(H,32,33)/t20-,22-/m0/s1. The minimum atomic E-state index is -1.14. The number of unbranched alkanes of at least 4 members (excludes halogenated alkanes) is 12. The van der Waals surface area contributed by atoms with Gasteiger partial charge in [0.2, 0.25) is 11.8 Å². The monoisotopic (exact) mass is 464 g/mol. The molecule has 0 saturated carbocycles. The third-order valence-corrected chi connectivity index (χ3v) is 5.86. The van der Waals surface area contributed by atoms with Crippen LogP contribution in [0, 0.1) is 0 Å². The Kier molecular flexibility index (Phi) is 15.7. The first kappa shape index (κ1) is 28.7. The number of carboxylic acids is 1. The molecule has 0 aliphatic rings. The van der Waals surface area contributed by atoms with E-state index < -0.39 is 24.0 Å². The molecule has 0 aromatic carbocycles. The SMILES string of the molecule is CCCCCCCCCCCCCCCC(=O)N[C@@H](C)C(=O)N[C@@H](Cc1c[nH]cn1)C(=O)O. The Morgan fingerprint density at radius 2 is 1.45 bits per heavy atom. The largest absolute Gasteiger partial charge is 0.480 e. The lowest BCUT2D eigenvalue weighted by atomic mass is 10.0. The van der Waals surface area contributed by atoms with E-state index in [1.54, 1.807) is 13.1 Å². The van der Waals surface area contributed by atoms with Gasteiger partial charge in [-0.25, -0.2) is 9.78 Å². The summed E-state index contributed by atoms with van der Waals surface area (Å²) in [4.78, 5) is 42.6. The summed E-state index contributed by atoms with van der Waals surface area (Å²) < 4.78 is 0. The number of rotatable bonds is 20. The van der Waals surface area contributed by atoms with E-state index >= 15 is 0 Å². The van der Waals surface area contributed by atoms with E-state index in [0.717, 1.165) is 19.3 Å². The molecule has 0 fully saturated rings. The smallest absolute Gasteiger partial charge is 0.326 e. The van der Waals surface area contributed by atoms with Crippen molar-refractivity contribution >= 4 is 17.8 Å². The lowest BCUT2D eigenvalue weighted by Crippen LogP contribution is -2.51. The Morgan fingerprint density at radius 1 is 0.909 bits per heavy atom. The molecule has 0 saturated heterocycles. The summed E-state index contributed by atoms with van der Waals surface area (Å²) >= 11 is 0. The van der Waals surface area contributed by atoms with E-state index in [1.807, 2.05) is 0 Å². The molecule has 1 aromatic rings. The van der Waals surface area contributed by atoms with Gasteiger partial charge in [0.05, 0.1) is 12.0 Å². The molecule has 8 nitrogen and oxygen atoms in total. The molecule has 33 heavy (non-hydrogen) atoms. The number of aromatic nitrogens is 2. The summed E-state index contributed by atoms with van der Waals surface area (Å²) in [6.07, 6.45) is 19.7. The van der Waals surface area contributed by atoms with Crippen molar-refractivity contribution in [2.24, 2.45) is 0 Å². The maximum absolute atomic E-state index is 12.3. The van der Waals surface area contributed by atoms with Crippen molar-refractivity contribution in [1.29, 1.82) is 0 Å². The predicted molar refractivity (Wildman–Crippen MR) is 130 cm³/mol. The minimum Gasteiger partial charge on any atom is -0.480 e. The fourth-order valence-electron chi connectivity index (χ4n) is 3.79. The van der Waals surface area contributed by atoms with Crippen LogP contribution in [0.15, 0.2) is 12.5 Å². The molecule has 8 heteroatoms. The summed E-state index contributed by atoms with van der Waals surface area (Å²) in [5.41, 5.74) is 0.543. The Labute approximate surface area is 198 Å².